The average Bonchev–Trinajstić information content (AvgIpc) is 2.66. The molecule has 0 aromatic carbocycles. The van der Waals surface area contributed by atoms with Crippen molar-refractivity contribution in [1.29, 1.82) is 0 Å². The second kappa shape index (κ2) is 6.68. The lowest BCUT2D eigenvalue weighted by atomic mass is 10.0. The largest absolute Gasteiger partial charge is 0.313 e. The molecule has 0 saturated carbocycles. The monoisotopic (exact) mass is 328 g/mol. The summed E-state index contributed by atoms with van der Waals surface area (Å²) in [6.07, 6.45) is 1.85. The number of piperidine rings is 1. The van der Waals surface area contributed by atoms with Gasteiger partial charge in [0, 0.05) is 18.6 Å². The van der Waals surface area contributed by atoms with Crippen LogP contribution in [0.15, 0.2) is 4.90 Å². The molecule has 0 radical (unpaired) electrons. The van der Waals surface area contributed by atoms with Crippen LogP contribution in [0.3, 0.4) is 0 Å². The van der Waals surface area contributed by atoms with Crippen molar-refractivity contribution < 1.29 is 8.42 Å². The van der Waals surface area contributed by atoms with E-state index in [0.717, 1.165) is 31.6 Å². The van der Waals surface area contributed by atoms with Crippen LogP contribution in [-0.2, 0) is 16.6 Å². The molecule has 0 aliphatic carbocycles. The van der Waals surface area contributed by atoms with E-state index in [2.05, 4.69) is 29.0 Å². The summed E-state index contributed by atoms with van der Waals surface area (Å²) in [5.74, 6) is 0.420. The summed E-state index contributed by atoms with van der Waals surface area (Å²) in [7, 11) is -3.54. The van der Waals surface area contributed by atoms with Crippen molar-refractivity contribution in [3.8, 4) is 0 Å². The molecule has 126 valence electrons. The molecule has 1 saturated heterocycles. The molecule has 2 N–H and O–H groups in total. The molecule has 22 heavy (non-hydrogen) atoms. The molecule has 1 aliphatic rings. The smallest absolute Gasteiger partial charge is 0.244 e. The van der Waals surface area contributed by atoms with Crippen molar-refractivity contribution in [3.05, 3.63) is 11.4 Å². The molecule has 7 heteroatoms. The Kier molecular flexibility index (Phi) is 5.29. The number of rotatable bonds is 5. The SMILES string of the molecule is Cc1nn(CC(C)C)c(C)c1S(=O)(=O)NC1CCCNC1C. The van der Waals surface area contributed by atoms with Gasteiger partial charge in [0.15, 0.2) is 0 Å². The van der Waals surface area contributed by atoms with E-state index in [0.29, 0.717) is 16.5 Å². The molecular weight excluding hydrogens is 300 g/mol. The van der Waals surface area contributed by atoms with Crippen LogP contribution >= 0.6 is 0 Å². The first-order valence-corrected chi connectivity index (χ1v) is 9.50. The van der Waals surface area contributed by atoms with Crippen LogP contribution in [0.25, 0.3) is 0 Å². The minimum Gasteiger partial charge on any atom is -0.313 e. The van der Waals surface area contributed by atoms with Crippen LogP contribution in [-0.4, -0.2) is 36.8 Å². The molecule has 2 atom stereocenters. The fourth-order valence-electron chi connectivity index (χ4n) is 3.06. The molecule has 2 unspecified atom stereocenters. The van der Waals surface area contributed by atoms with Gasteiger partial charge < -0.3 is 5.32 Å². The van der Waals surface area contributed by atoms with Gasteiger partial charge >= 0.3 is 0 Å². The molecule has 1 aromatic rings. The normalized spacial score (nSPS) is 23.2. The van der Waals surface area contributed by atoms with Gasteiger partial charge in [0.1, 0.15) is 4.90 Å². The van der Waals surface area contributed by atoms with Crippen molar-refractivity contribution in [2.75, 3.05) is 6.54 Å². The van der Waals surface area contributed by atoms with Crippen molar-refractivity contribution >= 4 is 10.0 Å². The molecule has 1 aromatic heterocycles. The highest BCUT2D eigenvalue weighted by Gasteiger charge is 2.30. The number of nitrogens with one attached hydrogen (secondary N) is 2. The van der Waals surface area contributed by atoms with Gasteiger partial charge in [-0.2, -0.15) is 5.10 Å². The first-order chi connectivity index (χ1) is 10.2. The molecule has 1 aliphatic heterocycles. The van der Waals surface area contributed by atoms with Crippen LogP contribution in [0, 0.1) is 19.8 Å². The minimum atomic E-state index is -3.54. The number of nitrogens with zero attached hydrogens (tertiary/aromatic N) is 2. The van der Waals surface area contributed by atoms with Gasteiger partial charge in [0.25, 0.3) is 0 Å². The molecule has 0 spiro atoms. The number of hydrogen-bond acceptors (Lipinski definition) is 4. The maximum absolute atomic E-state index is 12.8. The lowest BCUT2D eigenvalue weighted by molar-refractivity contribution is 0.348. The summed E-state index contributed by atoms with van der Waals surface area (Å²) in [6, 6.07) is 0.0841. The van der Waals surface area contributed by atoms with E-state index in [4.69, 9.17) is 0 Å². The maximum atomic E-state index is 12.8. The number of aromatic nitrogens is 2. The Morgan fingerprint density at radius 1 is 1.41 bits per heavy atom. The molecule has 2 heterocycles. The lowest BCUT2D eigenvalue weighted by Gasteiger charge is -2.30. The second-order valence-corrected chi connectivity index (χ2v) is 8.34. The standard InChI is InChI=1S/C15H28N4O2S/c1-10(2)9-19-13(5)15(12(4)17-19)22(20,21)18-14-7-6-8-16-11(14)3/h10-11,14,16,18H,6-9H2,1-5H3. The van der Waals surface area contributed by atoms with Gasteiger partial charge in [-0.05, 0) is 46.1 Å². The molecule has 1 fully saturated rings. The van der Waals surface area contributed by atoms with E-state index in [1.165, 1.54) is 0 Å². The summed E-state index contributed by atoms with van der Waals surface area (Å²) in [6.45, 7) is 11.5. The Hall–Kier alpha value is -0.920. The van der Waals surface area contributed by atoms with Crippen molar-refractivity contribution in [1.82, 2.24) is 19.8 Å². The van der Waals surface area contributed by atoms with Crippen LogP contribution in [0.5, 0.6) is 0 Å². The van der Waals surface area contributed by atoms with Gasteiger partial charge in [-0.1, -0.05) is 13.8 Å². The summed E-state index contributed by atoms with van der Waals surface area (Å²) < 4.78 is 30.3. The van der Waals surface area contributed by atoms with Gasteiger partial charge in [-0.15, -0.1) is 0 Å². The van der Waals surface area contributed by atoms with Crippen molar-refractivity contribution in [2.45, 2.75) is 71.0 Å². The van der Waals surface area contributed by atoms with Gasteiger partial charge in [-0.3, -0.25) is 4.68 Å². The highest BCUT2D eigenvalue weighted by molar-refractivity contribution is 7.89. The average molecular weight is 328 g/mol. The quantitative estimate of drug-likeness (QED) is 0.860. The van der Waals surface area contributed by atoms with E-state index in [-0.39, 0.29) is 12.1 Å². The van der Waals surface area contributed by atoms with E-state index >= 15 is 0 Å². The van der Waals surface area contributed by atoms with Gasteiger partial charge in [0.2, 0.25) is 10.0 Å². The van der Waals surface area contributed by atoms with Gasteiger partial charge in [-0.25, -0.2) is 13.1 Å². The Labute approximate surface area is 133 Å². The van der Waals surface area contributed by atoms with Crippen LogP contribution in [0.4, 0.5) is 0 Å². The fraction of sp³-hybridized carbons (Fsp3) is 0.800. The van der Waals surface area contributed by atoms with E-state index < -0.39 is 10.0 Å². The molecule has 0 bridgehead atoms. The summed E-state index contributed by atoms with van der Waals surface area (Å²) >= 11 is 0. The predicted octanol–water partition coefficient (Wildman–Crippen LogP) is 1.57. The maximum Gasteiger partial charge on any atom is 0.244 e. The first kappa shape index (κ1) is 17.4. The Bertz CT molecular complexity index is 622. The lowest BCUT2D eigenvalue weighted by Crippen LogP contribution is -2.51. The Morgan fingerprint density at radius 2 is 2.09 bits per heavy atom. The van der Waals surface area contributed by atoms with E-state index in [1.807, 2.05) is 13.8 Å². The first-order valence-electron chi connectivity index (χ1n) is 8.02. The summed E-state index contributed by atoms with van der Waals surface area (Å²) in [4.78, 5) is 0.339. The Balaban J connectivity index is 2.27. The zero-order chi connectivity index (χ0) is 16.5. The molecule has 6 nitrogen and oxygen atoms in total. The van der Waals surface area contributed by atoms with Crippen molar-refractivity contribution in [2.24, 2.45) is 5.92 Å². The summed E-state index contributed by atoms with van der Waals surface area (Å²) in [5.41, 5.74) is 1.29. The summed E-state index contributed by atoms with van der Waals surface area (Å²) in [5, 5.41) is 7.73. The fourth-order valence-corrected chi connectivity index (χ4v) is 4.82. The highest BCUT2D eigenvalue weighted by atomic mass is 32.2. The Morgan fingerprint density at radius 3 is 2.68 bits per heavy atom. The topological polar surface area (TPSA) is 76.0 Å². The second-order valence-electron chi connectivity index (χ2n) is 6.69. The minimum absolute atomic E-state index is 0.0639. The van der Waals surface area contributed by atoms with Crippen molar-refractivity contribution in [3.63, 3.8) is 0 Å². The van der Waals surface area contributed by atoms with Crippen LogP contribution in [0.1, 0.15) is 45.0 Å². The predicted molar refractivity (Wildman–Crippen MR) is 87.3 cm³/mol. The van der Waals surface area contributed by atoms with E-state index in [1.54, 1.807) is 11.6 Å². The van der Waals surface area contributed by atoms with Gasteiger partial charge in [0.05, 0.1) is 11.4 Å². The number of hydrogen-bond donors (Lipinski definition) is 2. The highest BCUT2D eigenvalue weighted by Crippen LogP contribution is 2.22. The molecule has 2 rings (SSSR count). The third kappa shape index (κ3) is 3.70. The third-order valence-corrected chi connectivity index (χ3v) is 5.93. The zero-order valence-corrected chi connectivity index (χ0v) is 15.0. The van der Waals surface area contributed by atoms with Crippen LogP contribution < -0.4 is 10.0 Å². The van der Waals surface area contributed by atoms with E-state index in [9.17, 15) is 8.42 Å². The third-order valence-electron chi connectivity index (χ3n) is 4.19. The zero-order valence-electron chi connectivity index (χ0n) is 14.2. The number of sulfonamides is 1. The molecule has 0 amide bonds. The number of aryl methyl sites for hydroxylation is 1. The van der Waals surface area contributed by atoms with Crippen LogP contribution in [0.2, 0.25) is 0 Å². The molecular formula is C15H28N4O2S.